The van der Waals surface area contributed by atoms with E-state index >= 15 is 0 Å². The highest BCUT2D eigenvalue weighted by Crippen LogP contribution is 2.35. The van der Waals surface area contributed by atoms with E-state index in [1.807, 2.05) is 0 Å². The molecule has 2 aromatic rings. The summed E-state index contributed by atoms with van der Waals surface area (Å²) in [7, 11) is 0. The number of hydrogen-bond donors (Lipinski definition) is 3. The summed E-state index contributed by atoms with van der Waals surface area (Å²) in [5.74, 6) is -2.53. The molecule has 0 radical (unpaired) electrons. The molecular formula is C27H23ClFN5O4. The average molecular weight is 536 g/mol. The van der Waals surface area contributed by atoms with Gasteiger partial charge in [0, 0.05) is 18.2 Å². The van der Waals surface area contributed by atoms with Crippen molar-refractivity contribution in [1.82, 2.24) is 15.6 Å². The number of amides is 2. The number of fused-ring (bicyclic) bond motifs is 2. The first-order valence-electron chi connectivity index (χ1n) is 11.8. The van der Waals surface area contributed by atoms with E-state index in [1.54, 1.807) is 19.1 Å². The molecule has 2 aliphatic heterocycles. The molecule has 0 fully saturated rings. The van der Waals surface area contributed by atoms with Crippen LogP contribution in [0.2, 0.25) is 5.02 Å². The van der Waals surface area contributed by atoms with Crippen LogP contribution in [0.25, 0.3) is 0 Å². The molecule has 0 bridgehead atoms. The molecule has 2 aromatic carbocycles. The number of carboxylic acid groups (broad SMARTS) is 1. The molecule has 2 amide bonds. The molecule has 5 rings (SSSR count). The second-order valence-electron chi connectivity index (χ2n) is 9.19. The Morgan fingerprint density at radius 1 is 1.24 bits per heavy atom. The predicted octanol–water partition coefficient (Wildman–Crippen LogP) is 3.43. The number of nitrogens with one attached hydrogen (secondary N) is 2. The molecule has 3 aliphatic rings. The number of aliphatic imine (C=N–C) groups is 1. The number of halogens is 2. The third-order valence-corrected chi connectivity index (χ3v) is 7.11. The highest BCUT2D eigenvalue weighted by molar-refractivity contribution is 6.44. The number of carbonyl (C=O) groups excluding carboxylic acids is 2. The van der Waals surface area contributed by atoms with Crippen molar-refractivity contribution in [2.75, 3.05) is 0 Å². The third kappa shape index (κ3) is 4.58. The zero-order valence-electron chi connectivity index (χ0n) is 20.3. The Bertz CT molecular complexity index is 1500. The second kappa shape index (κ2) is 9.86. The highest BCUT2D eigenvalue weighted by atomic mass is 35.5. The van der Waals surface area contributed by atoms with E-state index in [1.165, 1.54) is 35.5 Å². The van der Waals surface area contributed by atoms with Gasteiger partial charge < -0.3 is 15.7 Å². The zero-order chi connectivity index (χ0) is 27.1. The van der Waals surface area contributed by atoms with E-state index in [0.717, 1.165) is 11.1 Å². The van der Waals surface area contributed by atoms with Crippen LogP contribution in [0.3, 0.4) is 0 Å². The van der Waals surface area contributed by atoms with Gasteiger partial charge in [-0.05, 0) is 60.2 Å². The lowest BCUT2D eigenvalue weighted by Gasteiger charge is -2.28. The van der Waals surface area contributed by atoms with Crippen molar-refractivity contribution in [3.8, 4) is 0 Å². The Morgan fingerprint density at radius 3 is 2.76 bits per heavy atom. The minimum atomic E-state index is -0.990. The van der Waals surface area contributed by atoms with E-state index in [0.29, 0.717) is 29.5 Å². The Labute approximate surface area is 222 Å². The molecule has 0 spiro atoms. The predicted molar refractivity (Wildman–Crippen MR) is 139 cm³/mol. The molecule has 2 atom stereocenters. The van der Waals surface area contributed by atoms with Crippen LogP contribution in [0.1, 0.15) is 45.1 Å². The van der Waals surface area contributed by atoms with Gasteiger partial charge >= 0.3 is 5.97 Å². The number of carboxylic acids is 1. The molecular weight excluding hydrogens is 513 g/mol. The van der Waals surface area contributed by atoms with E-state index in [2.05, 4.69) is 27.3 Å². The number of carbonyl (C=O) groups is 3. The Balaban J connectivity index is 1.35. The van der Waals surface area contributed by atoms with Crippen LogP contribution in [0.15, 0.2) is 64.4 Å². The van der Waals surface area contributed by atoms with Crippen LogP contribution < -0.4 is 10.6 Å². The van der Waals surface area contributed by atoms with Crippen molar-refractivity contribution in [3.63, 3.8) is 0 Å². The number of hydrogen-bond acceptors (Lipinski definition) is 6. The number of rotatable bonds is 6. The van der Waals surface area contributed by atoms with Crippen LogP contribution in [-0.4, -0.2) is 46.0 Å². The van der Waals surface area contributed by atoms with Crippen LogP contribution in [0.4, 0.5) is 4.39 Å². The molecule has 1 aliphatic carbocycles. The van der Waals surface area contributed by atoms with Gasteiger partial charge in [0.15, 0.2) is 6.17 Å². The first kappa shape index (κ1) is 25.3. The van der Waals surface area contributed by atoms with Gasteiger partial charge in [0.1, 0.15) is 17.2 Å². The van der Waals surface area contributed by atoms with Gasteiger partial charge in [-0.15, -0.1) is 0 Å². The van der Waals surface area contributed by atoms with E-state index in [4.69, 9.17) is 11.6 Å². The van der Waals surface area contributed by atoms with Gasteiger partial charge in [0.05, 0.1) is 22.8 Å². The standard InChI is InChI=1S/C27H23ClFN5O4/c1-13-11-31-34-23(26(36)33-21-8-6-16-14(2)17(27(37)38)4-5-18(16)21)10-22(32-24(13)34)25(35)30-12-15-3-7-20(29)19(28)9-15/h3-5,7,9-11,21,24H,1,6,8,12H2,2H3,(H,30,35)(H,33,36)(H,37,38)/t21-,24?/m0/s1. The molecule has 2 heterocycles. The quantitative estimate of drug-likeness (QED) is 0.523. The Kier molecular flexibility index (Phi) is 6.58. The summed E-state index contributed by atoms with van der Waals surface area (Å²) in [5, 5.41) is 20.7. The van der Waals surface area contributed by atoms with Gasteiger partial charge in [0.25, 0.3) is 11.8 Å². The summed E-state index contributed by atoms with van der Waals surface area (Å²) in [6.07, 6.45) is 3.36. The number of hydrazone groups is 1. The first-order chi connectivity index (χ1) is 18.1. The van der Waals surface area contributed by atoms with E-state index in [9.17, 15) is 23.9 Å². The summed E-state index contributed by atoms with van der Waals surface area (Å²) in [5.41, 5.74) is 3.98. The maximum Gasteiger partial charge on any atom is 0.335 e. The zero-order valence-corrected chi connectivity index (χ0v) is 21.1. The minimum absolute atomic E-state index is 0.0185. The van der Waals surface area contributed by atoms with Gasteiger partial charge in [0.2, 0.25) is 0 Å². The van der Waals surface area contributed by atoms with Gasteiger partial charge in [-0.25, -0.2) is 19.2 Å². The number of benzene rings is 2. The SMILES string of the molecule is C=C1C=NN2C(C(=O)N[C@H]3CCc4c3ccc(C(=O)O)c4C)=CC(C(=O)NCc3ccc(F)c(Cl)c3)=NC12. The van der Waals surface area contributed by atoms with Crippen molar-refractivity contribution >= 4 is 41.3 Å². The average Bonchev–Trinajstić information content (AvgIpc) is 3.47. The van der Waals surface area contributed by atoms with Gasteiger partial charge in [-0.3, -0.25) is 9.59 Å². The molecule has 38 heavy (non-hydrogen) atoms. The number of nitrogens with zero attached hydrogens (tertiary/aromatic N) is 3. The molecule has 11 heteroatoms. The number of aromatic carboxylic acids is 1. The van der Waals surface area contributed by atoms with Crippen molar-refractivity contribution in [1.29, 1.82) is 0 Å². The summed E-state index contributed by atoms with van der Waals surface area (Å²) in [6, 6.07) is 7.10. The fourth-order valence-electron chi connectivity index (χ4n) is 4.83. The van der Waals surface area contributed by atoms with Crippen LogP contribution in [0.5, 0.6) is 0 Å². The Morgan fingerprint density at radius 2 is 2.03 bits per heavy atom. The van der Waals surface area contributed by atoms with Crippen molar-refractivity contribution in [3.05, 3.63) is 92.9 Å². The lowest BCUT2D eigenvalue weighted by Crippen LogP contribution is -2.42. The van der Waals surface area contributed by atoms with Crippen molar-refractivity contribution in [2.45, 2.75) is 38.5 Å². The van der Waals surface area contributed by atoms with E-state index < -0.39 is 29.8 Å². The molecule has 1 unspecified atom stereocenters. The minimum Gasteiger partial charge on any atom is -0.478 e. The highest BCUT2D eigenvalue weighted by Gasteiger charge is 2.37. The normalized spacial score (nSPS) is 19.4. The maximum absolute atomic E-state index is 13.4. The van der Waals surface area contributed by atoms with Crippen molar-refractivity contribution in [2.24, 2.45) is 10.1 Å². The van der Waals surface area contributed by atoms with Crippen molar-refractivity contribution < 1.29 is 23.9 Å². The van der Waals surface area contributed by atoms with Gasteiger partial charge in [-0.1, -0.05) is 30.3 Å². The molecule has 194 valence electrons. The Hall–Kier alpha value is -4.31. The first-order valence-corrected chi connectivity index (χ1v) is 12.2. The monoisotopic (exact) mass is 535 g/mol. The lowest BCUT2D eigenvalue weighted by atomic mass is 9.98. The third-order valence-electron chi connectivity index (χ3n) is 6.82. The topological polar surface area (TPSA) is 123 Å². The fraction of sp³-hybridized carbons (Fsp3) is 0.222. The van der Waals surface area contributed by atoms with Gasteiger partial charge in [-0.2, -0.15) is 5.10 Å². The van der Waals surface area contributed by atoms with E-state index in [-0.39, 0.29) is 34.6 Å². The molecule has 3 N–H and O–H groups in total. The summed E-state index contributed by atoms with van der Waals surface area (Å²) >= 11 is 5.82. The second-order valence-corrected chi connectivity index (χ2v) is 9.60. The van der Waals surface area contributed by atoms with Crippen LogP contribution in [-0.2, 0) is 22.6 Å². The van der Waals surface area contributed by atoms with Crippen LogP contribution >= 0.6 is 11.6 Å². The summed E-state index contributed by atoms with van der Waals surface area (Å²) in [6.45, 7) is 5.77. The summed E-state index contributed by atoms with van der Waals surface area (Å²) in [4.78, 5) is 42.3. The molecule has 0 saturated heterocycles. The smallest absolute Gasteiger partial charge is 0.335 e. The largest absolute Gasteiger partial charge is 0.478 e. The van der Waals surface area contributed by atoms with Crippen LogP contribution in [0, 0.1) is 12.7 Å². The molecule has 0 saturated carbocycles. The lowest BCUT2D eigenvalue weighted by molar-refractivity contribution is -0.120. The molecule has 9 nitrogen and oxygen atoms in total. The fourth-order valence-corrected chi connectivity index (χ4v) is 5.03. The molecule has 0 aromatic heterocycles. The summed E-state index contributed by atoms with van der Waals surface area (Å²) < 4.78 is 13.4. The maximum atomic E-state index is 13.4.